The van der Waals surface area contributed by atoms with Crippen LogP contribution in [0.3, 0.4) is 0 Å². The monoisotopic (exact) mass is 481 g/mol. The highest BCUT2D eigenvalue weighted by atomic mass is 35.5. The number of fused-ring (bicyclic) bond motifs is 1. The first-order valence-corrected chi connectivity index (χ1v) is 11.4. The number of aryl methyl sites for hydroxylation is 1. The highest BCUT2D eigenvalue weighted by molar-refractivity contribution is 6.31. The Labute approximate surface area is 203 Å². The van der Waals surface area contributed by atoms with Crippen molar-refractivity contribution in [3.63, 3.8) is 0 Å². The van der Waals surface area contributed by atoms with Crippen molar-refractivity contribution in [1.29, 1.82) is 0 Å². The number of carbonyl (C=O) groups excluding carboxylic acids is 2. The molecular weight excluding hydrogens is 454 g/mol. The molecule has 0 spiro atoms. The van der Waals surface area contributed by atoms with Crippen molar-refractivity contribution < 1.29 is 19.1 Å². The molecule has 1 fully saturated rings. The number of amides is 2. The van der Waals surface area contributed by atoms with E-state index in [1.54, 1.807) is 19.1 Å². The van der Waals surface area contributed by atoms with E-state index in [1.807, 2.05) is 48.7 Å². The van der Waals surface area contributed by atoms with Gasteiger partial charge in [0.1, 0.15) is 18.0 Å². The molecule has 0 bridgehead atoms. The summed E-state index contributed by atoms with van der Waals surface area (Å²) in [5.41, 5.74) is 4.51. The van der Waals surface area contributed by atoms with Gasteiger partial charge in [-0.25, -0.2) is 0 Å². The van der Waals surface area contributed by atoms with E-state index in [-0.39, 0.29) is 24.4 Å². The van der Waals surface area contributed by atoms with Crippen molar-refractivity contribution in [2.45, 2.75) is 26.4 Å². The lowest BCUT2D eigenvalue weighted by Crippen LogP contribution is -2.61. The van der Waals surface area contributed by atoms with Gasteiger partial charge in [-0.2, -0.15) is 0 Å². The standard InChI is InChI=1S/C26H28ClN3O4/c1-6-23(32)29-12-18(13-29)28-22(31)14-30-16(3)24(19-11-17(27)10-15(2)26(19)30)25-20(33-4)8-7-9-21(25)34-5/h6-11,18H,1,12-14H2,2-5H3,(H,28,31). The quantitative estimate of drug-likeness (QED) is 0.515. The normalized spacial score (nSPS) is 13.5. The largest absolute Gasteiger partial charge is 0.496 e. The summed E-state index contributed by atoms with van der Waals surface area (Å²) in [6.45, 7) is 8.57. The number of aromatic nitrogens is 1. The summed E-state index contributed by atoms with van der Waals surface area (Å²) in [5.74, 6) is 1.10. The maximum atomic E-state index is 13.0. The van der Waals surface area contributed by atoms with Crippen LogP contribution in [0, 0.1) is 13.8 Å². The molecule has 1 saturated heterocycles. The molecule has 1 N–H and O–H groups in total. The van der Waals surface area contributed by atoms with E-state index in [9.17, 15) is 9.59 Å². The first-order valence-electron chi connectivity index (χ1n) is 11.0. The third kappa shape index (κ3) is 4.12. The maximum absolute atomic E-state index is 13.0. The number of likely N-dealkylation sites (tertiary alicyclic amines) is 1. The zero-order chi connectivity index (χ0) is 24.6. The number of benzene rings is 2. The molecule has 2 aromatic carbocycles. The predicted octanol–water partition coefficient (Wildman–Crippen LogP) is 4.11. The minimum atomic E-state index is -0.124. The number of nitrogens with one attached hydrogen (secondary N) is 1. The van der Waals surface area contributed by atoms with Crippen LogP contribution in [0.1, 0.15) is 11.3 Å². The van der Waals surface area contributed by atoms with Gasteiger partial charge in [0.15, 0.2) is 0 Å². The second-order valence-electron chi connectivity index (χ2n) is 8.41. The van der Waals surface area contributed by atoms with Gasteiger partial charge in [0.2, 0.25) is 11.8 Å². The smallest absolute Gasteiger partial charge is 0.246 e. The van der Waals surface area contributed by atoms with Gasteiger partial charge in [-0.05, 0) is 49.8 Å². The maximum Gasteiger partial charge on any atom is 0.246 e. The Morgan fingerprint density at radius 3 is 2.38 bits per heavy atom. The molecule has 1 aromatic heterocycles. The minimum Gasteiger partial charge on any atom is -0.496 e. The van der Waals surface area contributed by atoms with Crippen LogP contribution >= 0.6 is 11.6 Å². The molecule has 178 valence electrons. The number of carbonyl (C=O) groups is 2. The third-order valence-corrected chi connectivity index (χ3v) is 6.50. The van der Waals surface area contributed by atoms with E-state index < -0.39 is 0 Å². The molecule has 8 heteroatoms. The Kier molecular flexibility index (Phi) is 6.57. The van der Waals surface area contributed by atoms with E-state index in [0.717, 1.165) is 33.3 Å². The molecule has 1 aliphatic rings. The highest BCUT2D eigenvalue weighted by Crippen LogP contribution is 2.45. The van der Waals surface area contributed by atoms with E-state index in [2.05, 4.69) is 11.9 Å². The van der Waals surface area contributed by atoms with Crippen molar-refractivity contribution in [2.24, 2.45) is 0 Å². The number of halogens is 1. The van der Waals surface area contributed by atoms with Crippen molar-refractivity contribution in [1.82, 2.24) is 14.8 Å². The Hall–Kier alpha value is -3.45. The third-order valence-electron chi connectivity index (χ3n) is 6.28. The summed E-state index contributed by atoms with van der Waals surface area (Å²) in [5, 5.41) is 4.56. The Balaban J connectivity index is 1.75. The van der Waals surface area contributed by atoms with E-state index in [4.69, 9.17) is 21.1 Å². The molecule has 7 nitrogen and oxygen atoms in total. The van der Waals surface area contributed by atoms with Gasteiger partial charge in [0.05, 0.1) is 31.3 Å². The van der Waals surface area contributed by atoms with Gasteiger partial charge in [0, 0.05) is 34.8 Å². The van der Waals surface area contributed by atoms with Gasteiger partial charge >= 0.3 is 0 Å². The minimum absolute atomic E-state index is 0.0668. The SMILES string of the molecule is C=CC(=O)N1CC(NC(=O)Cn2c(C)c(-c3c(OC)cccc3OC)c3cc(Cl)cc(C)c32)C1. The summed E-state index contributed by atoms with van der Waals surface area (Å²) in [4.78, 5) is 26.3. The number of hydrogen-bond acceptors (Lipinski definition) is 4. The van der Waals surface area contributed by atoms with Gasteiger partial charge in [-0.3, -0.25) is 9.59 Å². The first-order chi connectivity index (χ1) is 16.3. The van der Waals surface area contributed by atoms with E-state index in [0.29, 0.717) is 29.6 Å². The molecule has 0 radical (unpaired) electrons. The summed E-state index contributed by atoms with van der Waals surface area (Å²) >= 11 is 6.45. The highest BCUT2D eigenvalue weighted by Gasteiger charge is 2.31. The molecule has 1 aliphatic heterocycles. The number of nitrogens with zero attached hydrogens (tertiary/aromatic N) is 2. The lowest BCUT2D eigenvalue weighted by molar-refractivity contribution is -0.133. The van der Waals surface area contributed by atoms with E-state index >= 15 is 0 Å². The molecule has 34 heavy (non-hydrogen) atoms. The summed E-state index contributed by atoms with van der Waals surface area (Å²) in [7, 11) is 3.24. The fraction of sp³-hybridized carbons (Fsp3) is 0.308. The molecule has 4 rings (SSSR count). The molecule has 3 aromatic rings. The van der Waals surface area contributed by atoms with Gasteiger partial charge in [-0.1, -0.05) is 24.2 Å². The predicted molar refractivity (Wildman–Crippen MR) is 134 cm³/mol. The molecular formula is C26H28ClN3O4. The van der Waals surface area contributed by atoms with Crippen molar-refractivity contribution in [3.05, 3.63) is 59.3 Å². The Bertz CT molecular complexity index is 1270. The molecule has 2 heterocycles. The Morgan fingerprint density at radius 2 is 1.79 bits per heavy atom. The number of ether oxygens (including phenoxy) is 2. The van der Waals surface area contributed by atoms with Crippen LogP contribution in [0.4, 0.5) is 0 Å². The number of hydrogen-bond donors (Lipinski definition) is 1. The summed E-state index contributed by atoms with van der Waals surface area (Å²) in [6, 6.07) is 9.39. The summed E-state index contributed by atoms with van der Waals surface area (Å²) in [6.07, 6.45) is 1.29. The zero-order valence-corrected chi connectivity index (χ0v) is 20.5. The van der Waals surface area contributed by atoms with Crippen molar-refractivity contribution in [3.8, 4) is 22.6 Å². The van der Waals surface area contributed by atoms with Gasteiger partial charge in [0.25, 0.3) is 0 Å². The fourth-order valence-electron chi connectivity index (χ4n) is 4.69. The van der Waals surface area contributed by atoms with Crippen LogP contribution < -0.4 is 14.8 Å². The first kappa shape index (κ1) is 23.7. The van der Waals surface area contributed by atoms with Crippen LogP contribution in [0.5, 0.6) is 11.5 Å². The van der Waals surface area contributed by atoms with Crippen LogP contribution in [0.2, 0.25) is 5.02 Å². The van der Waals surface area contributed by atoms with Crippen molar-refractivity contribution >= 4 is 34.3 Å². The van der Waals surface area contributed by atoms with Gasteiger partial charge < -0.3 is 24.3 Å². The number of methoxy groups -OCH3 is 2. The van der Waals surface area contributed by atoms with E-state index in [1.165, 1.54) is 6.08 Å². The second-order valence-corrected chi connectivity index (χ2v) is 8.85. The van der Waals surface area contributed by atoms with Gasteiger partial charge in [-0.15, -0.1) is 0 Å². The molecule has 0 aliphatic carbocycles. The molecule has 0 atom stereocenters. The number of rotatable bonds is 7. The summed E-state index contributed by atoms with van der Waals surface area (Å²) < 4.78 is 13.3. The van der Waals surface area contributed by atoms with Crippen LogP contribution in [0.15, 0.2) is 43.0 Å². The van der Waals surface area contributed by atoms with Crippen LogP contribution in [-0.4, -0.2) is 54.6 Å². The van der Waals surface area contributed by atoms with Crippen molar-refractivity contribution in [2.75, 3.05) is 27.3 Å². The van der Waals surface area contributed by atoms with Crippen LogP contribution in [0.25, 0.3) is 22.0 Å². The lowest BCUT2D eigenvalue weighted by atomic mass is 9.99. The molecule has 0 saturated carbocycles. The van der Waals surface area contributed by atoms with Crippen LogP contribution in [-0.2, 0) is 16.1 Å². The molecule has 0 unspecified atom stereocenters. The molecule has 2 amide bonds. The average molecular weight is 482 g/mol. The topological polar surface area (TPSA) is 72.8 Å². The second kappa shape index (κ2) is 9.43. The average Bonchev–Trinajstić information content (AvgIpc) is 3.05. The fourth-order valence-corrected chi connectivity index (χ4v) is 4.96. The Morgan fingerprint density at radius 1 is 1.15 bits per heavy atom. The lowest BCUT2D eigenvalue weighted by Gasteiger charge is -2.38. The zero-order valence-electron chi connectivity index (χ0n) is 19.8.